The van der Waals surface area contributed by atoms with Crippen LogP contribution in [0.15, 0.2) is 22.6 Å². The van der Waals surface area contributed by atoms with Crippen molar-refractivity contribution >= 4 is 0 Å². The fourth-order valence-electron chi connectivity index (χ4n) is 2.19. The summed E-state index contributed by atoms with van der Waals surface area (Å²) in [5.74, 6) is 2.25. The van der Waals surface area contributed by atoms with Gasteiger partial charge in [0.25, 0.3) is 5.89 Å². The van der Waals surface area contributed by atoms with E-state index in [2.05, 4.69) is 22.4 Å². The molecule has 1 atom stereocenters. The smallest absolute Gasteiger partial charge is 0.255 e. The Labute approximate surface area is 124 Å². The first kappa shape index (κ1) is 15.3. The largest absolute Gasteiger partial charge is 0.496 e. The fourth-order valence-corrected chi connectivity index (χ4v) is 2.19. The second kappa shape index (κ2) is 7.08. The molecule has 1 N–H and O–H groups in total. The first-order valence-electron chi connectivity index (χ1n) is 7.03. The van der Waals surface area contributed by atoms with Gasteiger partial charge < -0.3 is 19.2 Å². The lowest BCUT2D eigenvalue weighted by molar-refractivity contribution is 0.384. The lowest BCUT2D eigenvalue weighted by Gasteiger charge is -2.11. The highest BCUT2D eigenvalue weighted by atomic mass is 16.5. The molecule has 0 saturated heterocycles. The molecule has 1 aromatic carbocycles. The summed E-state index contributed by atoms with van der Waals surface area (Å²) in [5.41, 5.74) is 0.674. The van der Waals surface area contributed by atoms with Crippen molar-refractivity contribution in [2.24, 2.45) is 0 Å². The number of benzene rings is 1. The minimum absolute atomic E-state index is 0.0527. The summed E-state index contributed by atoms with van der Waals surface area (Å²) >= 11 is 0. The Hall–Kier alpha value is -2.08. The molecule has 1 aromatic heterocycles. The van der Waals surface area contributed by atoms with Crippen LogP contribution in [0, 0.1) is 0 Å². The van der Waals surface area contributed by atoms with Gasteiger partial charge in [-0.25, -0.2) is 0 Å². The van der Waals surface area contributed by atoms with Crippen LogP contribution in [0.4, 0.5) is 0 Å². The molecule has 0 aliphatic rings. The van der Waals surface area contributed by atoms with Crippen LogP contribution < -0.4 is 14.8 Å². The average molecular weight is 291 g/mol. The van der Waals surface area contributed by atoms with Gasteiger partial charge >= 0.3 is 0 Å². The molecule has 6 heteroatoms. The van der Waals surface area contributed by atoms with E-state index in [4.69, 9.17) is 13.9 Å². The lowest BCUT2D eigenvalue weighted by Crippen LogP contribution is -2.20. The third-order valence-corrected chi connectivity index (χ3v) is 3.24. The predicted molar refractivity (Wildman–Crippen MR) is 79.5 cm³/mol. The molecule has 0 bridgehead atoms. The molecule has 21 heavy (non-hydrogen) atoms. The maximum atomic E-state index is 5.82. The van der Waals surface area contributed by atoms with Gasteiger partial charge in [-0.05, 0) is 25.1 Å². The van der Waals surface area contributed by atoms with E-state index in [0.717, 1.165) is 13.0 Å². The molecular weight excluding hydrogens is 270 g/mol. The van der Waals surface area contributed by atoms with E-state index >= 15 is 0 Å². The topological polar surface area (TPSA) is 69.4 Å². The number of hydrogen-bond donors (Lipinski definition) is 1. The van der Waals surface area contributed by atoms with Crippen LogP contribution in [-0.4, -0.2) is 31.0 Å². The van der Waals surface area contributed by atoms with Crippen molar-refractivity contribution < 1.29 is 13.9 Å². The van der Waals surface area contributed by atoms with Gasteiger partial charge in [-0.15, -0.1) is 10.2 Å². The monoisotopic (exact) mass is 291 g/mol. The normalized spacial score (nSPS) is 12.2. The molecule has 2 rings (SSSR count). The van der Waals surface area contributed by atoms with E-state index < -0.39 is 0 Å². The third kappa shape index (κ3) is 3.16. The van der Waals surface area contributed by atoms with Crippen LogP contribution in [0.2, 0.25) is 0 Å². The molecule has 0 aliphatic heterocycles. The third-order valence-electron chi connectivity index (χ3n) is 3.24. The molecule has 6 nitrogen and oxygen atoms in total. The highest BCUT2D eigenvalue weighted by Gasteiger charge is 2.21. The fraction of sp³-hybridized carbons (Fsp3) is 0.467. The van der Waals surface area contributed by atoms with Gasteiger partial charge in [0.15, 0.2) is 0 Å². The second-order valence-electron chi connectivity index (χ2n) is 4.50. The Balaban J connectivity index is 2.41. The first-order chi connectivity index (χ1) is 10.2. The number of rotatable bonds is 7. The number of methoxy groups -OCH3 is 2. The van der Waals surface area contributed by atoms with Gasteiger partial charge in [0.1, 0.15) is 17.1 Å². The number of aromatic nitrogens is 2. The Kier molecular flexibility index (Phi) is 5.16. The molecule has 0 spiro atoms. The number of nitrogens with one attached hydrogen (secondary N) is 1. The highest BCUT2D eigenvalue weighted by Crippen LogP contribution is 2.37. The lowest BCUT2D eigenvalue weighted by atomic mass is 10.1. The molecule has 1 unspecified atom stereocenters. The Morgan fingerprint density at radius 3 is 2.33 bits per heavy atom. The van der Waals surface area contributed by atoms with Crippen LogP contribution in [0.3, 0.4) is 0 Å². The van der Waals surface area contributed by atoms with Gasteiger partial charge in [0, 0.05) is 0 Å². The predicted octanol–water partition coefficient (Wildman–Crippen LogP) is 2.81. The first-order valence-corrected chi connectivity index (χ1v) is 7.03. The van der Waals surface area contributed by atoms with E-state index in [1.54, 1.807) is 14.2 Å². The van der Waals surface area contributed by atoms with E-state index in [0.29, 0.717) is 28.8 Å². The van der Waals surface area contributed by atoms with Crippen molar-refractivity contribution in [1.29, 1.82) is 0 Å². The zero-order chi connectivity index (χ0) is 15.2. The minimum Gasteiger partial charge on any atom is -0.496 e. The van der Waals surface area contributed by atoms with Gasteiger partial charge in [-0.1, -0.05) is 19.9 Å². The Bertz CT molecular complexity index is 561. The van der Waals surface area contributed by atoms with E-state index in [9.17, 15) is 0 Å². The summed E-state index contributed by atoms with van der Waals surface area (Å²) < 4.78 is 16.5. The van der Waals surface area contributed by atoms with Crippen molar-refractivity contribution in [2.45, 2.75) is 26.3 Å². The number of nitrogens with zero attached hydrogens (tertiary/aromatic N) is 2. The summed E-state index contributed by atoms with van der Waals surface area (Å²) in [6.45, 7) is 4.96. The average Bonchev–Trinajstić information content (AvgIpc) is 3.00. The standard InChI is InChI=1S/C15H21N3O3/c1-5-10(16-6-2)14-17-18-15(21-14)13-11(19-3)8-7-9-12(13)20-4/h7-10,16H,5-6H2,1-4H3. The molecular formula is C15H21N3O3. The van der Waals surface area contributed by atoms with Crippen molar-refractivity contribution in [3.05, 3.63) is 24.1 Å². The summed E-state index contributed by atoms with van der Waals surface area (Å²) in [4.78, 5) is 0. The molecule has 0 fully saturated rings. The van der Waals surface area contributed by atoms with E-state index in [1.807, 2.05) is 25.1 Å². The number of ether oxygens (including phenoxy) is 2. The van der Waals surface area contributed by atoms with Crippen molar-refractivity contribution in [1.82, 2.24) is 15.5 Å². The maximum absolute atomic E-state index is 5.82. The summed E-state index contributed by atoms with van der Waals surface area (Å²) in [5, 5.41) is 11.6. The van der Waals surface area contributed by atoms with Gasteiger partial charge in [-0.2, -0.15) is 0 Å². The molecule has 2 aromatic rings. The van der Waals surface area contributed by atoms with Crippen molar-refractivity contribution in [3.63, 3.8) is 0 Å². The zero-order valence-corrected chi connectivity index (χ0v) is 12.8. The van der Waals surface area contributed by atoms with Gasteiger partial charge in [0.2, 0.25) is 5.89 Å². The van der Waals surface area contributed by atoms with Crippen LogP contribution >= 0.6 is 0 Å². The molecule has 1 heterocycles. The summed E-state index contributed by atoms with van der Waals surface area (Å²) in [6, 6.07) is 5.58. The van der Waals surface area contributed by atoms with E-state index in [1.165, 1.54) is 0 Å². The van der Waals surface area contributed by atoms with Gasteiger partial charge in [0.05, 0.1) is 20.3 Å². The van der Waals surface area contributed by atoms with Crippen LogP contribution in [0.1, 0.15) is 32.2 Å². The number of hydrogen-bond acceptors (Lipinski definition) is 6. The zero-order valence-electron chi connectivity index (χ0n) is 12.8. The summed E-state index contributed by atoms with van der Waals surface area (Å²) in [7, 11) is 3.20. The SMILES string of the molecule is CCNC(CC)c1nnc(-c2c(OC)cccc2OC)o1. The van der Waals surface area contributed by atoms with E-state index in [-0.39, 0.29) is 6.04 Å². The summed E-state index contributed by atoms with van der Waals surface area (Å²) in [6.07, 6.45) is 0.874. The molecule has 0 amide bonds. The van der Waals surface area contributed by atoms with Crippen LogP contribution in [0.5, 0.6) is 11.5 Å². The molecule has 0 radical (unpaired) electrons. The Morgan fingerprint density at radius 1 is 1.14 bits per heavy atom. The molecule has 0 saturated carbocycles. The quantitative estimate of drug-likeness (QED) is 0.846. The van der Waals surface area contributed by atoms with Gasteiger partial charge in [-0.3, -0.25) is 0 Å². The van der Waals surface area contributed by atoms with Crippen LogP contribution in [0.25, 0.3) is 11.5 Å². The van der Waals surface area contributed by atoms with Crippen molar-refractivity contribution in [2.75, 3.05) is 20.8 Å². The molecule has 114 valence electrons. The Morgan fingerprint density at radius 2 is 1.81 bits per heavy atom. The van der Waals surface area contributed by atoms with Crippen LogP contribution in [-0.2, 0) is 0 Å². The maximum Gasteiger partial charge on any atom is 0.255 e. The second-order valence-corrected chi connectivity index (χ2v) is 4.50. The molecule has 0 aliphatic carbocycles. The minimum atomic E-state index is 0.0527. The van der Waals surface area contributed by atoms with Crippen molar-refractivity contribution in [3.8, 4) is 23.0 Å². The highest BCUT2D eigenvalue weighted by molar-refractivity contribution is 5.70.